The summed E-state index contributed by atoms with van der Waals surface area (Å²) in [6.45, 7) is 4.57. The number of hydrogen-bond donors (Lipinski definition) is 0. The van der Waals surface area contributed by atoms with Gasteiger partial charge in [-0.25, -0.2) is 0 Å². The van der Waals surface area contributed by atoms with Crippen molar-refractivity contribution in [3.05, 3.63) is 11.6 Å². The normalized spacial score (nSPS) is 30.6. The third kappa shape index (κ3) is 5.37. The summed E-state index contributed by atoms with van der Waals surface area (Å²) in [5, 5.41) is 9.94. The van der Waals surface area contributed by atoms with Crippen LogP contribution in [0.25, 0.3) is 0 Å². The van der Waals surface area contributed by atoms with Crippen molar-refractivity contribution >= 4 is 0 Å². The molecule has 0 bridgehead atoms. The van der Waals surface area contributed by atoms with Crippen molar-refractivity contribution in [2.24, 2.45) is 17.3 Å². The van der Waals surface area contributed by atoms with Gasteiger partial charge in [0.1, 0.15) is 0 Å². The Kier molecular flexibility index (Phi) is 8.37. The van der Waals surface area contributed by atoms with Crippen LogP contribution in [0.15, 0.2) is 11.6 Å². The summed E-state index contributed by atoms with van der Waals surface area (Å²) in [5.41, 5.74) is 1.43. The highest BCUT2D eigenvalue weighted by Crippen LogP contribution is 2.48. The molecule has 2 rings (SSSR count). The topological polar surface area (TPSA) is 23.8 Å². The third-order valence-electron chi connectivity index (χ3n) is 6.74. The highest BCUT2D eigenvalue weighted by Gasteiger charge is 2.39. The Balaban J connectivity index is 1.83. The molecule has 0 unspecified atom stereocenters. The zero-order valence-electron chi connectivity index (χ0n) is 16.3. The van der Waals surface area contributed by atoms with E-state index in [1.807, 2.05) is 0 Å². The summed E-state index contributed by atoms with van der Waals surface area (Å²) in [5.74, 6) is 1.78. The monoisotopic (exact) mass is 329 g/mol. The molecule has 24 heavy (non-hydrogen) atoms. The molecule has 0 aromatic carbocycles. The van der Waals surface area contributed by atoms with Gasteiger partial charge >= 0.3 is 0 Å². The molecule has 0 radical (unpaired) electrons. The number of hydrogen-bond acceptors (Lipinski definition) is 1. The maximum atomic E-state index is 9.94. The summed E-state index contributed by atoms with van der Waals surface area (Å²) >= 11 is 0. The van der Waals surface area contributed by atoms with Gasteiger partial charge < -0.3 is 0 Å². The van der Waals surface area contributed by atoms with Crippen molar-refractivity contribution in [1.29, 1.82) is 5.26 Å². The minimum Gasteiger partial charge on any atom is -0.197 e. The zero-order valence-corrected chi connectivity index (χ0v) is 16.3. The first-order valence-corrected chi connectivity index (χ1v) is 10.8. The second-order valence-electron chi connectivity index (χ2n) is 8.50. The Morgan fingerprint density at radius 1 is 0.958 bits per heavy atom. The van der Waals surface area contributed by atoms with Gasteiger partial charge in [0.2, 0.25) is 0 Å². The number of rotatable bonds is 9. The largest absolute Gasteiger partial charge is 0.197 e. The number of unbranched alkanes of at least 4 members (excludes halogenated alkanes) is 4. The summed E-state index contributed by atoms with van der Waals surface area (Å²) in [6.07, 6.45) is 22.1. The quantitative estimate of drug-likeness (QED) is 0.316. The maximum Gasteiger partial charge on any atom is 0.0782 e. The summed E-state index contributed by atoms with van der Waals surface area (Å²) in [6, 6.07) is 2.77. The molecule has 0 aromatic heterocycles. The van der Waals surface area contributed by atoms with Crippen LogP contribution in [0.3, 0.4) is 0 Å². The van der Waals surface area contributed by atoms with Gasteiger partial charge in [-0.05, 0) is 56.8 Å². The minimum atomic E-state index is -0.0877. The Labute approximate surface area is 150 Å². The van der Waals surface area contributed by atoms with Crippen molar-refractivity contribution in [3.63, 3.8) is 0 Å². The fourth-order valence-electron chi connectivity index (χ4n) is 4.92. The molecule has 1 saturated carbocycles. The fraction of sp³-hybridized carbons (Fsp3) is 0.870. The summed E-state index contributed by atoms with van der Waals surface area (Å²) in [4.78, 5) is 0. The fourth-order valence-corrected chi connectivity index (χ4v) is 4.92. The molecule has 0 aromatic rings. The van der Waals surface area contributed by atoms with Crippen molar-refractivity contribution in [1.82, 2.24) is 0 Å². The van der Waals surface area contributed by atoms with Gasteiger partial charge in [0, 0.05) is 0 Å². The number of nitrogens with zero attached hydrogens (tertiary/aromatic N) is 1. The van der Waals surface area contributed by atoms with Crippen LogP contribution in [0.2, 0.25) is 0 Å². The predicted molar refractivity (Wildman–Crippen MR) is 104 cm³/mol. The molecule has 0 aliphatic heterocycles. The first-order valence-electron chi connectivity index (χ1n) is 10.8. The van der Waals surface area contributed by atoms with Crippen LogP contribution >= 0.6 is 0 Å². The van der Waals surface area contributed by atoms with E-state index in [4.69, 9.17) is 0 Å². The van der Waals surface area contributed by atoms with Crippen LogP contribution in [0.4, 0.5) is 0 Å². The first-order chi connectivity index (χ1) is 11.7. The average Bonchev–Trinajstić information content (AvgIpc) is 2.63. The molecule has 0 spiro atoms. The van der Waals surface area contributed by atoms with E-state index >= 15 is 0 Å². The second-order valence-corrected chi connectivity index (χ2v) is 8.50. The molecular weight excluding hydrogens is 290 g/mol. The van der Waals surface area contributed by atoms with Gasteiger partial charge in [0.15, 0.2) is 0 Å². The highest BCUT2D eigenvalue weighted by molar-refractivity contribution is 5.26. The van der Waals surface area contributed by atoms with Gasteiger partial charge in [0.25, 0.3) is 0 Å². The van der Waals surface area contributed by atoms with E-state index < -0.39 is 0 Å². The molecule has 1 heteroatoms. The van der Waals surface area contributed by atoms with Crippen LogP contribution < -0.4 is 0 Å². The van der Waals surface area contributed by atoms with Gasteiger partial charge in [-0.3, -0.25) is 0 Å². The smallest absolute Gasteiger partial charge is 0.0782 e. The van der Waals surface area contributed by atoms with Crippen LogP contribution in [0.5, 0.6) is 0 Å². The molecule has 136 valence electrons. The van der Waals surface area contributed by atoms with Crippen LogP contribution in [0.1, 0.15) is 110 Å². The summed E-state index contributed by atoms with van der Waals surface area (Å²) in [7, 11) is 0. The lowest BCUT2D eigenvalue weighted by atomic mass is 9.64. The van der Waals surface area contributed by atoms with Crippen molar-refractivity contribution in [2.45, 2.75) is 110 Å². The lowest BCUT2D eigenvalue weighted by molar-refractivity contribution is 0.221. The standard InChI is InChI=1S/C23H39N/c1-3-5-7-9-20-11-13-22(14-12-20)23(19-24)17-15-21(16-18-23)10-8-6-4-2/h13,20-21H,3-12,14-18H2,1-2H3/t20-,21-,23+/m0/s1. The summed E-state index contributed by atoms with van der Waals surface area (Å²) < 4.78 is 0. The Morgan fingerprint density at radius 2 is 1.58 bits per heavy atom. The molecule has 0 heterocycles. The van der Waals surface area contributed by atoms with E-state index in [0.29, 0.717) is 0 Å². The molecule has 1 fully saturated rings. The van der Waals surface area contributed by atoms with Gasteiger partial charge in [-0.2, -0.15) is 5.26 Å². The second kappa shape index (κ2) is 10.3. The lowest BCUT2D eigenvalue weighted by Crippen LogP contribution is -2.29. The molecule has 1 nitrogen and oxygen atoms in total. The van der Waals surface area contributed by atoms with E-state index in [9.17, 15) is 5.26 Å². The number of nitriles is 1. The Bertz CT molecular complexity index is 420. The van der Waals surface area contributed by atoms with Crippen molar-refractivity contribution in [2.75, 3.05) is 0 Å². The first kappa shape index (κ1) is 19.6. The Morgan fingerprint density at radius 3 is 2.08 bits per heavy atom. The van der Waals surface area contributed by atoms with Crippen molar-refractivity contribution < 1.29 is 0 Å². The molecule has 0 saturated heterocycles. The molecule has 2 aliphatic rings. The van der Waals surface area contributed by atoms with Crippen LogP contribution in [-0.4, -0.2) is 0 Å². The SMILES string of the molecule is CCCCC[C@H]1CC=C([C@]2(C#N)CC[C@H](CCCCC)CC2)CC1. The molecule has 2 aliphatic carbocycles. The van der Waals surface area contributed by atoms with Gasteiger partial charge in [-0.1, -0.05) is 76.9 Å². The maximum absolute atomic E-state index is 9.94. The molecule has 0 amide bonds. The van der Waals surface area contributed by atoms with E-state index in [-0.39, 0.29) is 5.41 Å². The number of allylic oxidation sites excluding steroid dienone is 2. The van der Waals surface area contributed by atoms with Gasteiger partial charge in [-0.15, -0.1) is 0 Å². The van der Waals surface area contributed by atoms with Crippen LogP contribution in [0, 0.1) is 28.6 Å². The molecular formula is C23H39N. The third-order valence-corrected chi connectivity index (χ3v) is 6.74. The predicted octanol–water partition coefficient (Wildman–Crippen LogP) is 7.57. The van der Waals surface area contributed by atoms with E-state index in [1.54, 1.807) is 0 Å². The lowest BCUT2D eigenvalue weighted by Gasteiger charge is -2.39. The van der Waals surface area contributed by atoms with Crippen LogP contribution in [-0.2, 0) is 0 Å². The van der Waals surface area contributed by atoms with Gasteiger partial charge in [0.05, 0.1) is 11.5 Å². The van der Waals surface area contributed by atoms with Crippen molar-refractivity contribution in [3.8, 4) is 6.07 Å². The van der Waals surface area contributed by atoms with E-state index in [2.05, 4.69) is 26.0 Å². The average molecular weight is 330 g/mol. The van der Waals surface area contributed by atoms with E-state index in [0.717, 1.165) is 24.7 Å². The van der Waals surface area contributed by atoms with E-state index in [1.165, 1.54) is 89.0 Å². The minimum absolute atomic E-state index is 0.0877. The highest BCUT2D eigenvalue weighted by atomic mass is 14.4. The Hall–Kier alpha value is -0.770. The molecule has 1 atom stereocenters. The zero-order chi connectivity index (χ0) is 17.3. The molecule has 0 N–H and O–H groups in total.